The fraction of sp³-hybridized carbons (Fsp3) is 0.545. The number of amides is 1. The molecule has 0 unspecified atom stereocenters. The molecule has 2 N–H and O–H groups in total. The first-order valence-electron chi connectivity index (χ1n) is 4.97. The molecule has 1 rings (SSSR count). The molecule has 3 nitrogen and oxygen atoms in total. The zero-order valence-corrected chi connectivity index (χ0v) is 10.5. The Labute approximate surface area is 94.9 Å². The van der Waals surface area contributed by atoms with Crippen LogP contribution in [-0.4, -0.2) is 18.5 Å². The van der Waals surface area contributed by atoms with E-state index in [0.717, 1.165) is 0 Å². The van der Waals surface area contributed by atoms with Crippen molar-refractivity contribution in [3.05, 3.63) is 21.9 Å². The maximum Gasteiger partial charge on any atom is 0.240 e. The van der Waals surface area contributed by atoms with E-state index >= 15 is 0 Å². The van der Waals surface area contributed by atoms with Gasteiger partial charge in [0.1, 0.15) is 0 Å². The molecular formula is C11H18N2OS. The molecule has 1 heterocycles. The first-order chi connectivity index (χ1) is 6.97. The van der Waals surface area contributed by atoms with Crippen LogP contribution < -0.4 is 10.6 Å². The third-order valence-electron chi connectivity index (χ3n) is 2.57. The molecule has 84 valence electrons. The molecule has 0 spiro atoms. The van der Waals surface area contributed by atoms with Gasteiger partial charge in [0.25, 0.3) is 0 Å². The van der Waals surface area contributed by atoms with Crippen molar-refractivity contribution >= 4 is 17.2 Å². The van der Waals surface area contributed by atoms with Crippen LogP contribution in [0, 0.1) is 6.92 Å². The fourth-order valence-corrected chi connectivity index (χ4v) is 1.93. The molecule has 0 atom stereocenters. The number of hydrogen-bond donors (Lipinski definition) is 2. The molecule has 0 fully saturated rings. The van der Waals surface area contributed by atoms with Crippen molar-refractivity contribution in [3.63, 3.8) is 0 Å². The third-order valence-corrected chi connectivity index (χ3v) is 3.59. The lowest BCUT2D eigenvalue weighted by atomic mass is 10.1. The van der Waals surface area contributed by atoms with Crippen molar-refractivity contribution in [2.75, 3.05) is 7.05 Å². The lowest BCUT2D eigenvalue weighted by Crippen LogP contribution is -2.50. The van der Waals surface area contributed by atoms with Gasteiger partial charge in [-0.25, -0.2) is 0 Å². The van der Waals surface area contributed by atoms with E-state index in [9.17, 15) is 4.79 Å². The maximum atomic E-state index is 11.7. The van der Waals surface area contributed by atoms with E-state index in [0.29, 0.717) is 6.54 Å². The zero-order valence-electron chi connectivity index (χ0n) is 9.68. The summed E-state index contributed by atoms with van der Waals surface area (Å²) >= 11 is 1.67. The van der Waals surface area contributed by atoms with Crippen LogP contribution in [0.4, 0.5) is 0 Å². The Balaban J connectivity index is 2.52. The summed E-state index contributed by atoms with van der Waals surface area (Å²) in [6, 6.07) is 2.06. The molecule has 1 aromatic rings. The van der Waals surface area contributed by atoms with Gasteiger partial charge in [0.15, 0.2) is 0 Å². The highest BCUT2D eigenvalue weighted by Gasteiger charge is 2.24. The van der Waals surface area contributed by atoms with E-state index in [1.807, 2.05) is 19.2 Å². The number of likely N-dealkylation sites (N-methyl/N-ethyl adjacent to an activating group) is 1. The van der Waals surface area contributed by atoms with E-state index in [-0.39, 0.29) is 5.91 Å². The van der Waals surface area contributed by atoms with Crippen LogP contribution >= 0.6 is 11.3 Å². The van der Waals surface area contributed by atoms with Crippen LogP contribution in [-0.2, 0) is 11.3 Å². The number of rotatable bonds is 4. The van der Waals surface area contributed by atoms with Gasteiger partial charge in [-0.05, 0) is 44.8 Å². The third kappa shape index (κ3) is 3.04. The van der Waals surface area contributed by atoms with Crippen LogP contribution in [0.3, 0.4) is 0 Å². The van der Waals surface area contributed by atoms with Crippen molar-refractivity contribution in [1.29, 1.82) is 0 Å². The number of carbonyl (C=O) groups excluding carboxylic acids is 1. The molecule has 0 radical (unpaired) electrons. The molecule has 0 aliphatic carbocycles. The second kappa shape index (κ2) is 4.77. The minimum Gasteiger partial charge on any atom is -0.350 e. The number of aryl methyl sites for hydroxylation is 1. The molecule has 0 aliphatic heterocycles. The Morgan fingerprint density at radius 3 is 2.67 bits per heavy atom. The second-order valence-electron chi connectivity index (χ2n) is 4.08. The molecule has 4 heteroatoms. The SMILES string of the molecule is CNC(C)(C)C(=O)NCc1sccc1C. The Morgan fingerprint density at radius 1 is 1.53 bits per heavy atom. The summed E-state index contributed by atoms with van der Waals surface area (Å²) in [5.41, 5.74) is 0.730. The Bertz CT molecular complexity index is 344. The Morgan fingerprint density at radius 2 is 2.20 bits per heavy atom. The highest BCUT2D eigenvalue weighted by atomic mass is 32.1. The topological polar surface area (TPSA) is 41.1 Å². The van der Waals surface area contributed by atoms with Crippen LogP contribution in [0.5, 0.6) is 0 Å². The lowest BCUT2D eigenvalue weighted by Gasteiger charge is -2.22. The van der Waals surface area contributed by atoms with Crippen molar-refractivity contribution in [2.24, 2.45) is 0 Å². The Kier molecular flexibility index (Phi) is 3.88. The molecule has 0 aromatic carbocycles. The summed E-state index contributed by atoms with van der Waals surface area (Å²) in [5.74, 6) is 0.0257. The lowest BCUT2D eigenvalue weighted by molar-refractivity contribution is -0.126. The van der Waals surface area contributed by atoms with E-state index in [1.165, 1.54) is 10.4 Å². The summed E-state index contributed by atoms with van der Waals surface area (Å²) in [7, 11) is 1.79. The molecule has 0 aliphatic rings. The average molecular weight is 226 g/mol. The molecule has 0 saturated heterocycles. The van der Waals surface area contributed by atoms with E-state index in [4.69, 9.17) is 0 Å². The molecule has 1 aromatic heterocycles. The highest BCUT2D eigenvalue weighted by molar-refractivity contribution is 7.10. The predicted molar refractivity (Wildman–Crippen MR) is 64.0 cm³/mol. The zero-order chi connectivity index (χ0) is 11.5. The number of carbonyl (C=O) groups is 1. The highest BCUT2D eigenvalue weighted by Crippen LogP contribution is 2.15. The minimum atomic E-state index is -0.509. The summed E-state index contributed by atoms with van der Waals surface area (Å²) in [4.78, 5) is 13.0. The summed E-state index contributed by atoms with van der Waals surface area (Å²) in [5, 5.41) is 7.94. The monoisotopic (exact) mass is 226 g/mol. The molecule has 0 saturated carbocycles. The van der Waals surface area contributed by atoms with Gasteiger partial charge in [0.2, 0.25) is 5.91 Å². The van der Waals surface area contributed by atoms with E-state index < -0.39 is 5.54 Å². The van der Waals surface area contributed by atoms with Gasteiger partial charge in [0, 0.05) is 4.88 Å². The largest absolute Gasteiger partial charge is 0.350 e. The normalized spacial score (nSPS) is 11.5. The van der Waals surface area contributed by atoms with Crippen LogP contribution in [0.1, 0.15) is 24.3 Å². The van der Waals surface area contributed by atoms with Crippen molar-refractivity contribution in [2.45, 2.75) is 32.9 Å². The second-order valence-corrected chi connectivity index (χ2v) is 5.09. The first kappa shape index (κ1) is 12.2. The minimum absolute atomic E-state index is 0.0257. The Hall–Kier alpha value is -0.870. The fourth-order valence-electron chi connectivity index (χ4n) is 1.08. The molecule has 1 amide bonds. The summed E-state index contributed by atoms with van der Waals surface area (Å²) < 4.78 is 0. The smallest absolute Gasteiger partial charge is 0.240 e. The van der Waals surface area contributed by atoms with Crippen molar-refractivity contribution in [3.8, 4) is 0 Å². The van der Waals surface area contributed by atoms with Gasteiger partial charge >= 0.3 is 0 Å². The molecule has 15 heavy (non-hydrogen) atoms. The summed E-state index contributed by atoms with van der Waals surface area (Å²) in [6.45, 7) is 6.40. The maximum absolute atomic E-state index is 11.7. The van der Waals surface area contributed by atoms with E-state index in [2.05, 4.69) is 23.6 Å². The van der Waals surface area contributed by atoms with Gasteiger partial charge in [0.05, 0.1) is 12.1 Å². The summed E-state index contributed by atoms with van der Waals surface area (Å²) in [6.07, 6.45) is 0. The van der Waals surface area contributed by atoms with Gasteiger partial charge < -0.3 is 10.6 Å². The van der Waals surface area contributed by atoms with E-state index in [1.54, 1.807) is 18.4 Å². The number of nitrogens with one attached hydrogen (secondary N) is 2. The first-order valence-corrected chi connectivity index (χ1v) is 5.85. The van der Waals surface area contributed by atoms with Gasteiger partial charge in [-0.15, -0.1) is 11.3 Å². The quantitative estimate of drug-likeness (QED) is 0.820. The average Bonchev–Trinajstić information content (AvgIpc) is 2.60. The van der Waals surface area contributed by atoms with Crippen molar-refractivity contribution in [1.82, 2.24) is 10.6 Å². The van der Waals surface area contributed by atoms with Crippen LogP contribution in [0.15, 0.2) is 11.4 Å². The number of thiophene rings is 1. The predicted octanol–water partition coefficient (Wildman–Crippen LogP) is 1.67. The molecule has 0 bridgehead atoms. The van der Waals surface area contributed by atoms with Gasteiger partial charge in [-0.2, -0.15) is 0 Å². The molecular weight excluding hydrogens is 208 g/mol. The van der Waals surface area contributed by atoms with Gasteiger partial charge in [-0.3, -0.25) is 4.79 Å². The van der Waals surface area contributed by atoms with Gasteiger partial charge in [-0.1, -0.05) is 0 Å². The van der Waals surface area contributed by atoms with Crippen LogP contribution in [0.2, 0.25) is 0 Å². The number of hydrogen-bond acceptors (Lipinski definition) is 3. The standard InChI is InChI=1S/C11H18N2OS/c1-8-5-6-15-9(8)7-13-10(14)11(2,3)12-4/h5-6,12H,7H2,1-4H3,(H,13,14). The van der Waals surface area contributed by atoms with Crippen LogP contribution in [0.25, 0.3) is 0 Å². The van der Waals surface area contributed by atoms with Crippen molar-refractivity contribution < 1.29 is 4.79 Å².